The molecule has 1 amide bonds. The summed E-state index contributed by atoms with van der Waals surface area (Å²) in [5.41, 5.74) is 8.11. The highest BCUT2D eigenvalue weighted by atomic mass is 19.3. The fourth-order valence-electron chi connectivity index (χ4n) is 2.82. The Balaban J connectivity index is 2.02. The van der Waals surface area contributed by atoms with E-state index in [9.17, 15) is 13.6 Å². The molecule has 1 saturated carbocycles. The molecule has 2 fully saturated rings. The van der Waals surface area contributed by atoms with Crippen LogP contribution in [0.3, 0.4) is 0 Å². The molecule has 0 N–H and O–H groups in total. The summed E-state index contributed by atoms with van der Waals surface area (Å²) in [7, 11) is 0. The molecule has 0 bridgehead atoms. The quantitative estimate of drug-likeness (QED) is 0.417. The molecular weight excluding hydrogens is 230 g/mol. The Morgan fingerprint density at radius 3 is 2.94 bits per heavy atom. The molecule has 2 rings (SSSR count). The van der Waals surface area contributed by atoms with Gasteiger partial charge in [-0.1, -0.05) is 5.11 Å². The van der Waals surface area contributed by atoms with Crippen LogP contribution in [0.5, 0.6) is 0 Å². The first-order valence-corrected chi connectivity index (χ1v) is 5.71. The molecular formula is C10H14F2N4O. The van der Waals surface area contributed by atoms with Crippen molar-refractivity contribution < 1.29 is 13.6 Å². The lowest BCUT2D eigenvalue weighted by molar-refractivity contribution is -0.129. The predicted molar refractivity (Wildman–Crippen MR) is 56.4 cm³/mol. The number of alkyl halides is 2. The largest absolute Gasteiger partial charge is 0.342 e. The van der Waals surface area contributed by atoms with Crippen molar-refractivity contribution in [1.82, 2.24) is 4.90 Å². The van der Waals surface area contributed by atoms with E-state index < -0.39 is 11.8 Å². The smallest absolute Gasteiger partial charge is 0.252 e. The molecule has 1 saturated heterocycles. The third-order valence-corrected chi connectivity index (χ3v) is 3.69. The van der Waals surface area contributed by atoms with Gasteiger partial charge < -0.3 is 4.90 Å². The Bertz CT molecular complexity index is 367. The van der Waals surface area contributed by atoms with E-state index in [-0.39, 0.29) is 31.3 Å². The Morgan fingerprint density at radius 1 is 1.53 bits per heavy atom. The second-order valence-electron chi connectivity index (χ2n) is 4.71. The highest BCUT2D eigenvalue weighted by Gasteiger charge is 2.51. The van der Waals surface area contributed by atoms with Gasteiger partial charge in [-0.15, -0.1) is 0 Å². The maximum atomic E-state index is 13.6. The second-order valence-corrected chi connectivity index (χ2v) is 4.71. The molecule has 0 aromatic heterocycles. The molecule has 0 radical (unpaired) electrons. The van der Waals surface area contributed by atoms with Crippen LogP contribution in [-0.4, -0.2) is 36.4 Å². The van der Waals surface area contributed by atoms with Crippen LogP contribution >= 0.6 is 0 Å². The fourth-order valence-corrected chi connectivity index (χ4v) is 2.82. The maximum Gasteiger partial charge on any atom is 0.252 e. The standard InChI is InChI=1S/C10H14F2N4O/c11-10(12)3-1-2-7-5-16(6-8(7)10)9(17)4-14-15-13/h7-8H,1-6H2/t7-,8+/m0/s1. The molecule has 0 unspecified atom stereocenters. The van der Waals surface area contributed by atoms with Crippen LogP contribution in [0.15, 0.2) is 5.11 Å². The number of halogens is 2. The molecule has 94 valence electrons. The maximum absolute atomic E-state index is 13.6. The second kappa shape index (κ2) is 4.49. The molecule has 0 aromatic carbocycles. The topological polar surface area (TPSA) is 69.1 Å². The average molecular weight is 244 g/mol. The van der Waals surface area contributed by atoms with Crippen molar-refractivity contribution >= 4 is 5.91 Å². The average Bonchev–Trinajstić information content (AvgIpc) is 2.71. The van der Waals surface area contributed by atoms with Gasteiger partial charge in [-0.3, -0.25) is 4.79 Å². The molecule has 1 heterocycles. The van der Waals surface area contributed by atoms with Crippen LogP contribution in [0, 0.1) is 11.8 Å². The van der Waals surface area contributed by atoms with E-state index in [1.54, 1.807) is 0 Å². The van der Waals surface area contributed by atoms with Gasteiger partial charge in [0.25, 0.3) is 5.92 Å². The fraction of sp³-hybridized carbons (Fsp3) is 0.900. The number of rotatable bonds is 2. The Hall–Kier alpha value is -1.36. The summed E-state index contributed by atoms with van der Waals surface area (Å²) in [6.45, 7) is 0.193. The van der Waals surface area contributed by atoms with Gasteiger partial charge in [-0.05, 0) is 24.3 Å². The molecule has 2 atom stereocenters. The number of carbonyl (C=O) groups excluding carboxylic acids is 1. The number of azide groups is 1. The van der Waals surface area contributed by atoms with E-state index in [2.05, 4.69) is 10.0 Å². The summed E-state index contributed by atoms with van der Waals surface area (Å²) in [4.78, 5) is 15.5. The number of carbonyl (C=O) groups is 1. The van der Waals surface area contributed by atoms with Crippen LogP contribution in [0.2, 0.25) is 0 Å². The van der Waals surface area contributed by atoms with Crippen molar-refractivity contribution in [2.24, 2.45) is 17.0 Å². The Morgan fingerprint density at radius 2 is 2.29 bits per heavy atom. The summed E-state index contributed by atoms with van der Waals surface area (Å²) >= 11 is 0. The van der Waals surface area contributed by atoms with Crippen molar-refractivity contribution in [2.75, 3.05) is 19.6 Å². The normalized spacial score (nSPS) is 30.6. The number of likely N-dealkylation sites (tertiary alicyclic amines) is 1. The zero-order chi connectivity index (χ0) is 12.5. The van der Waals surface area contributed by atoms with Gasteiger partial charge in [-0.25, -0.2) is 8.78 Å². The first-order chi connectivity index (χ1) is 8.04. The lowest BCUT2D eigenvalue weighted by Gasteiger charge is -2.32. The number of hydrogen-bond donors (Lipinski definition) is 0. The third kappa shape index (κ3) is 2.34. The molecule has 1 aliphatic carbocycles. The number of hydrogen-bond acceptors (Lipinski definition) is 2. The van der Waals surface area contributed by atoms with E-state index >= 15 is 0 Å². The third-order valence-electron chi connectivity index (χ3n) is 3.69. The minimum absolute atomic E-state index is 0.0768. The van der Waals surface area contributed by atoms with E-state index in [4.69, 9.17) is 5.53 Å². The molecule has 0 aromatic rings. The first-order valence-electron chi connectivity index (χ1n) is 5.71. The highest BCUT2D eigenvalue weighted by molar-refractivity contribution is 5.78. The molecule has 7 heteroatoms. The number of fused-ring (bicyclic) bond motifs is 1. The molecule has 5 nitrogen and oxygen atoms in total. The Labute approximate surface area is 97.4 Å². The minimum atomic E-state index is -2.66. The zero-order valence-corrected chi connectivity index (χ0v) is 9.35. The van der Waals surface area contributed by atoms with Crippen molar-refractivity contribution in [3.05, 3.63) is 10.4 Å². The summed E-state index contributed by atoms with van der Waals surface area (Å²) < 4.78 is 27.3. The van der Waals surface area contributed by atoms with Crippen LogP contribution in [0.25, 0.3) is 10.4 Å². The van der Waals surface area contributed by atoms with Crippen molar-refractivity contribution in [2.45, 2.75) is 25.2 Å². The molecule has 0 spiro atoms. The van der Waals surface area contributed by atoms with E-state index in [0.29, 0.717) is 13.0 Å². The van der Waals surface area contributed by atoms with E-state index in [1.807, 2.05) is 0 Å². The molecule has 2 aliphatic rings. The van der Waals surface area contributed by atoms with Gasteiger partial charge in [0.2, 0.25) is 5.91 Å². The lowest BCUT2D eigenvalue weighted by Crippen LogP contribution is -2.38. The van der Waals surface area contributed by atoms with Gasteiger partial charge in [0.15, 0.2) is 0 Å². The first kappa shape index (κ1) is 12.1. The van der Waals surface area contributed by atoms with Gasteiger partial charge in [-0.2, -0.15) is 0 Å². The number of amides is 1. The SMILES string of the molecule is [N-]=[N+]=NCC(=O)N1C[C@@H]2CCCC(F)(F)[C@@H]2C1. The summed E-state index contributed by atoms with van der Waals surface area (Å²) in [5, 5.41) is 3.17. The highest BCUT2D eigenvalue weighted by Crippen LogP contribution is 2.45. The zero-order valence-electron chi connectivity index (χ0n) is 9.35. The minimum Gasteiger partial charge on any atom is -0.342 e. The van der Waals surface area contributed by atoms with Crippen molar-refractivity contribution in [3.63, 3.8) is 0 Å². The van der Waals surface area contributed by atoms with Crippen LogP contribution in [0.1, 0.15) is 19.3 Å². The van der Waals surface area contributed by atoms with Crippen LogP contribution in [-0.2, 0) is 4.79 Å². The van der Waals surface area contributed by atoms with E-state index in [1.165, 1.54) is 4.90 Å². The molecule has 17 heavy (non-hydrogen) atoms. The van der Waals surface area contributed by atoms with Gasteiger partial charge in [0, 0.05) is 30.3 Å². The predicted octanol–water partition coefficient (Wildman–Crippen LogP) is 2.19. The monoisotopic (exact) mass is 244 g/mol. The van der Waals surface area contributed by atoms with Gasteiger partial charge in [0.1, 0.15) is 6.54 Å². The Kier molecular flexibility index (Phi) is 3.19. The summed E-state index contributed by atoms with van der Waals surface area (Å²) in [5.74, 6) is -3.83. The lowest BCUT2D eigenvalue weighted by atomic mass is 9.79. The van der Waals surface area contributed by atoms with Gasteiger partial charge in [0.05, 0.1) is 0 Å². The molecule has 1 aliphatic heterocycles. The van der Waals surface area contributed by atoms with Gasteiger partial charge >= 0.3 is 0 Å². The summed E-state index contributed by atoms with van der Waals surface area (Å²) in [6.07, 6.45) is 1.20. The van der Waals surface area contributed by atoms with Crippen LogP contribution in [0.4, 0.5) is 8.78 Å². The number of nitrogens with zero attached hydrogens (tertiary/aromatic N) is 4. The van der Waals surface area contributed by atoms with E-state index in [0.717, 1.165) is 6.42 Å². The van der Waals surface area contributed by atoms with Crippen molar-refractivity contribution in [3.8, 4) is 0 Å². The summed E-state index contributed by atoms with van der Waals surface area (Å²) in [6, 6.07) is 0. The van der Waals surface area contributed by atoms with Crippen LogP contribution < -0.4 is 0 Å². The van der Waals surface area contributed by atoms with Crippen molar-refractivity contribution in [1.29, 1.82) is 0 Å².